The first-order valence-electron chi connectivity index (χ1n) is 17.1. The van der Waals surface area contributed by atoms with Crippen LogP contribution in [0.25, 0.3) is 0 Å². The predicted octanol–water partition coefficient (Wildman–Crippen LogP) is 2.95. The first-order chi connectivity index (χ1) is 20.8. The fourth-order valence-electron chi connectivity index (χ4n) is 10.3. The van der Waals surface area contributed by atoms with Gasteiger partial charge in [-0.2, -0.15) is 5.06 Å². The lowest BCUT2D eigenvalue weighted by molar-refractivity contribution is -0.529. The van der Waals surface area contributed by atoms with Crippen LogP contribution in [0.15, 0.2) is 0 Å². The van der Waals surface area contributed by atoms with Crippen LogP contribution in [0.4, 0.5) is 0 Å². The normalized spacial score (nSPS) is 44.6. The molecule has 11 heteroatoms. The minimum absolute atomic E-state index is 0.0528. The van der Waals surface area contributed by atoms with Gasteiger partial charge in [-0.1, -0.05) is 27.2 Å². The molecule has 5 aliphatic carbocycles. The summed E-state index contributed by atoms with van der Waals surface area (Å²) in [6, 6.07) is -1.03. The minimum atomic E-state index is -0.842. The maximum atomic E-state index is 14.1. The number of hydrogen-bond acceptors (Lipinski definition) is 9. The van der Waals surface area contributed by atoms with E-state index in [1.54, 1.807) is 19.1 Å². The van der Waals surface area contributed by atoms with E-state index in [1.807, 2.05) is 14.1 Å². The van der Waals surface area contributed by atoms with Crippen LogP contribution in [-0.4, -0.2) is 108 Å². The van der Waals surface area contributed by atoms with Crippen molar-refractivity contribution in [3.8, 4) is 0 Å². The number of carbonyl (C=O) groups excluding carboxylic acids is 1. The third kappa shape index (κ3) is 6.30. The molecule has 1 saturated heterocycles. The van der Waals surface area contributed by atoms with Crippen molar-refractivity contribution in [3.63, 3.8) is 0 Å². The highest BCUT2D eigenvalue weighted by atomic mass is 16.7. The summed E-state index contributed by atoms with van der Waals surface area (Å²) in [4.78, 5) is 34.3. The van der Waals surface area contributed by atoms with E-state index >= 15 is 0 Å². The average molecular weight is 623 g/mol. The summed E-state index contributed by atoms with van der Waals surface area (Å²) in [6.07, 6.45) is 5.43. The summed E-state index contributed by atoms with van der Waals surface area (Å²) < 4.78 is 6.20. The summed E-state index contributed by atoms with van der Waals surface area (Å²) in [5.41, 5.74) is 0.310. The Hall–Kier alpha value is -1.37. The van der Waals surface area contributed by atoms with E-state index in [4.69, 9.17) is 9.57 Å². The molecule has 0 radical (unpaired) electrons. The standard InChI is InChI=1S/C33H58N4O7/c1-18-26-13-22(33(26,3)4)14-27(18)34-32(40)30-29(19(2)39)28(17-38)44-36(30)16-20-9-8-10-25(31(20)43-7)21-11-23(35(5)6)15-24(12-21)37(41)42/h18-31,38-39H,8-17H2,1-7H3,(H,34,40)/t18-,19?,20?,21?,22+,23?,24?,25?,26-,27-,28-,29?,30-,31?/m0/s1. The quantitative estimate of drug-likeness (QED) is 0.248. The van der Waals surface area contributed by atoms with Gasteiger partial charge in [0.1, 0.15) is 12.1 Å². The number of aliphatic hydroxyl groups is 2. The van der Waals surface area contributed by atoms with Gasteiger partial charge in [0, 0.05) is 55.3 Å². The molecule has 5 saturated carbocycles. The van der Waals surface area contributed by atoms with Crippen molar-refractivity contribution in [2.45, 2.75) is 122 Å². The molecule has 44 heavy (non-hydrogen) atoms. The molecule has 14 atom stereocenters. The van der Waals surface area contributed by atoms with E-state index in [0.717, 1.165) is 32.1 Å². The summed E-state index contributed by atoms with van der Waals surface area (Å²) in [5.74, 6) is 1.26. The zero-order chi connectivity index (χ0) is 32.1. The van der Waals surface area contributed by atoms with Crippen molar-refractivity contribution in [3.05, 3.63) is 10.1 Å². The molecule has 0 aromatic carbocycles. The molecule has 2 bridgehead atoms. The van der Waals surface area contributed by atoms with Gasteiger partial charge in [0.25, 0.3) is 0 Å². The lowest BCUT2D eigenvalue weighted by Gasteiger charge is -2.62. The molecule has 8 unspecified atom stereocenters. The second-order valence-electron chi connectivity index (χ2n) is 15.8. The number of amides is 1. The van der Waals surface area contributed by atoms with Crippen molar-refractivity contribution >= 4 is 5.91 Å². The third-order valence-electron chi connectivity index (χ3n) is 13.1. The fourth-order valence-corrected chi connectivity index (χ4v) is 10.3. The number of ether oxygens (including phenoxy) is 1. The molecule has 1 amide bonds. The number of fused-ring (bicyclic) bond motifs is 2. The zero-order valence-electron chi connectivity index (χ0n) is 27.9. The summed E-state index contributed by atoms with van der Waals surface area (Å²) in [6.45, 7) is 8.76. The molecule has 6 rings (SSSR count). The van der Waals surface area contributed by atoms with Crippen LogP contribution in [-0.2, 0) is 14.4 Å². The summed E-state index contributed by atoms with van der Waals surface area (Å²) >= 11 is 0. The smallest absolute Gasteiger partial charge is 0.240 e. The molecule has 6 fully saturated rings. The molecular weight excluding hydrogens is 564 g/mol. The number of hydrogen-bond donors (Lipinski definition) is 3. The van der Waals surface area contributed by atoms with Crippen molar-refractivity contribution in [1.82, 2.24) is 15.3 Å². The Kier molecular flexibility index (Phi) is 10.3. The highest BCUT2D eigenvalue weighted by molar-refractivity contribution is 5.82. The second-order valence-corrected chi connectivity index (χ2v) is 15.8. The van der Waals surface area contributed by atoms with Gasteiger partial charge in [-0.15, -0.1) is 0 Å². The van der Waals surface area contributed by atoms with Gasteiger partial charge in [0.05, 0.1) is 18.8 Å². The SMILES string of the molecule is COC1C(CN2O[C@@H](CO)C(C(C)O)[C@H]2C(=O)N[C@H]2C[C@H]3C[C@@H]([C@@H]2C)C3(C)C)CCCC1C1CC(N(C)C)CC([N+](=O)[O-])C1. The molecular formula is C33H58N4O7. The topological polar surface area (TPSA) is 138 Å². The van der Waals surface area contributed by atoms with Gasteiger partial charge >= 0.3 is 0 Å². The number of rotatable bonds is 10. The van der Waals surface area contributed by atoms with Gasteiger partial charge in [-0.3, -0.25) is 19.7 Å². The number of methoxy groups -OCH3 is 1. The van der Waals surface area contributed by atoms with Crippen LogP contribution in [0.5, 0.6) is 0 Å². The first kappa shape index (κ1) is 34.0. The van der Waals surface area contributed by atoms with E-state index in [0.29, 0.717) is 42.6 Å². The molecule has 3 N–H and O–H groups in total. The fraction of sp³-hybridized carbons (Fsp3) is 0.970. The number of aliphatic hydroxyl groups excluding tert-OH is 2. The van der Waals surface area contributed by atoms with Gasteiger partial charge in [0.15, 0.2) is 0 Å². The highest BCUT2D eigenvalue weighted by Crippen LogP contribution is 2.61. The lowest BCUT2D eigenvalue weighted by Crippen LogP contribution is -2.62. The average Bonchev–Trinajstić information content (AvgIpc) is 3.36. The van der Waals surface area contributed by atoms with Crippen LogP contribution < -0.4 is 5.32 Å². The van der Waals surface area contributed by atoms with E-state index in [9.17, 15) is 25.1 Å². The minimum Gasteiger partial charge on any atom is -0.394 e. The highest BCUT2D eigenvalue weighted by Gasteiger charge is 2.58. The number of nitrogens with one attached hydrogen (secondary N) is 1. The van der Waals surface area contributed by atoms with E-state index in [2.05, 4.69) is 31.0 Å². The lowest BCUT2D eigenvalue weighted by atomic mass is 9.45. The molecule has 1 heterocycles. The van der Waals surface area contributed by atoms with Gasteiger partial charge < -0.3 is 25.2 Å². The van der Waals surface area contributed by atoms with Crippen molar-refractivity contribution in [1.29, 1.82) is 0 Å². The maximum absolute atomic E-state index is 14.1. The van der Waals surface area contributed by atoms with Crippen LogP contribution in [0.2, 0.25) is 0 Å². The van der Waals surface area contributed by atoms with Crippen LogP contribution in [0.3, 0.4) is 0 Å². The van der Waals surface area contributed by atoms with Crippen LogP contribution in [0.1, 0.15) is 79.1 Å². The van der Waals surface area contributed by atoms with Gasteiger partial charge in [-0.05, 0) is 88.1 Å². The van der Waals surface area contributed by atoms with Crippen LogP contribution >= 0.6 is 0 Å². The Morgan fingerprint density at radius 1 is 1.20 bits per heavy atom. The number of nitro groups is 1. The Morgan fingerprint density at radius 2 is 1.93 bits per heavy atom. The summed E-state index contributed by atoms with van der Waals surface area (Å²) in [7, 11) is 5.74. The third-order valence-corrected chi connectivity index (χ3v) is 13.1. The molecule has 0 spiro atoms. The Balaban J connectivity index is 1.33. The number of nitrogens with zero attached hydrogens (tertiary/aromatic N) is 3. The van der Waals surface area contributed by atoms with E-state index in [1.165, 1.54) is 6.42 Å². The van der Waals surface area contributed by atoms with Gasteiger partial charge in [0.2, 0.25) is 11.9 Å². The van der Waals surface area contributed by atoms with E-state index < -0.39 is 30.2 Å². The Bertz CT molecular complexity index is 1030. The monoisotopic (exact) mass is 622 g/mol. The molecule has 0 aromatic rings. The predicted molar refractivity (Wildman–Crippen MR) is 166 cm³/mol. The molecule has 252 valence electrons. The van der Waals surface area contributed by atoms with E-state index in [-0.39, 0.29) is 53.4 Å². The molecule has 11 nitrogen and oxygen atoms in total. The Morgan fingerprint density at radius 3 is 2.50 bits per heavy atom. The maximum Gasteiger partial charge on any atom is 0.240 e. The number of carbonyl (C=O) groups is 1. The van der Waals surface area contributed by atoms with Crippen molar-refractivity contribution in [2.75, 3.05) is 34.4 Å². The van der Waals surface area contributed by atoms with Crippen LogP contribution in [0, 0.1) is 57.0 Å². The zero-order valence-corrected chi connectivity index (χ0v) is 27.9. The number of hydroxylamine groups is 2. The molecule has 1 aliphatic heterocycles. The largest absolute Gasteiger partial charge is 0.394 e. The first-order valence-corrected chi connectivity index (χ1v) is 17.1. The summed E-state index contributed by atoms with van der Waals surface area (Å²) in [5, 5.41) is 38.1. The second kappa shape index (κ2) is 13.4. The molecule has 0 aromatic heterocycles. The van der Waals surface area contributed by atoms with Crippen molar-refractivity contribution in [2.24, 2.45) is 46.8 Å². The van der Waals surface area contributed by atoms with Crippen molar-refractivity contribution < 1.29 is 29.5 Å². The van der Waals surface area contributed by atoms with Gasteiger partial charge in [-0.25, -0.2) is 0 Å². The Labute approximate surface area is 263 Å². The molecule has 6 aliphatic rings.